The highest BCUT2D eigenvalue weighted by atomic mass is 35.5. The highest BCUT2D eigenvalue weighted by molar-refractivity contribution is 7.92. The smallest absolute Gasteiger partial charge is 0.337 e. The third-order valence-corrected chi connectivity index (χ3v) is 6.05. The molecule has 1 atom stereocenters. The molecule has 0 aliphatic heterocycles. The number of carbonyl (C=O) groups is 2. The molecule has 0 saturated heterocycles. The van der Waals surface area contributed by atoms with E-state index >= 15 is 0 Å². The predicted molar refractivity (Wildman–Crippen MR) is 87.6 cm³/mol. The van der Waals surface area contributed by atoms with Crippen molar-refractivity contribution in [2.75, 3.05) is 0 Å². The normalized spacial score (nSPS) is 12.9. The number of hydrogen-bond donors (Lipinski definition) is 2. The lowest BCUT2D eigenvalue weighted by Gasteiger charge is -2.19. The Balaban J connectivity index is 3.13. The number of nitrogens with one attached hydrogen (secondary N) is 1. The highest BCUT2D eigenvalue weighted by Gasteiger charge is 2.31. The number of halogens is 1. The van der Waals surface area contributed by atoms with E-state index in [2.05, 4.69) is 5.32 Å². The SMILES string of the molecule is CCC(CC)NC(=O)C(C)S(=O)(=O)c1ccc(Cl)c(C(=O)O)c1. The lowest BCUT2D eigenvalue weighted by molar-refractivity contribution is -0.121. The second kappa shape index (κ2) is 7.79. The van der Waals surface area contributed by atoms with E-state index in [-0.39, 0.29) is 21.5 Å². The van der Waals surface area contributed by atoms with E-state index in [0.29, 0.717) is 12.8 Å². The number of benzene rings is 1. The van der Waals surface area contributed by atoms with Crippen LogP contribution in [0.2, 0.25) is 5.02 Å². The molecule has 128 valence electrons. The molecule has 1 amide bonds. The number of carbonyl (C=O) groups excluding carboxylic acids is 1. The van der Waals surface area contributed by atoms with Crippen molar-refractivity contribution in [3.63, 3.8) is 0 Å². The summed E-state index contributed by atoms with van der Waals surface area (Å²) in [6, 6.07) is 3.27. The Kier molecular flexibility index (Phi) is 6.58. The second-order valence-electron chi connectivity index (χ2n) is 5.16. The zero-order chi connectivity index (χ0) is 17.8. The molecular weight excluding hydrogens is 342 g/mol. The van der Waals surface area contributed by atoms with Gasteiger partial charge in [0.1, 0.15) is 5.25 Å². The molecule has 0 radical (unpaired) electrons. The number of amides is 1. The number of carboxylic acids is 1. The molecule has 6 nitrogen and oxygen atoms in total. The number of rotatable bonds is 7. The van der Waals surface area contributed by atoms with E-state index in [4.69, 9.17) is 16.7 Å². The molecule has 0 saturated carbocycles. The van der Waals surface area contributed by atoms with Gasteiger partial charge in [-0.2, -0.15) is 0 Å². The largest absolute Gasteiger partial charge is 0.478 e. The van der Waals surface area contributed by atoms with E-state index in [1.807, 2.05) is 13.8 Å². The molecule has 23 heavy (non-hydrogen) atoms. The summed E-state index contributed by atoms with van der Waals surface area (Å²) in [6.07, 6.45) is 1.39. The van der Waals surface area contributed by atoms with Crippen LogP contribution in [0.15, 0.2) is 23.1 Å². The maximum Gasteiger partial charge on any atom is 0.337 e. The molecule has 1 aromatic rings. The monoisotopic (exact) mass is 361 g/mol. The minimum Gasteiger partial charge on any atom is -0.478 e. The van der Waals surface area contributed by atoms with Crippen molar-refractivity contribution < 1.29 is 23.1 Å². The third-order valence-electron chi connectivity index (χ3n) is 3.66. The van der Waals surface area contributed by atoms with Crippen LogP contribution < -0.4 is 5.32 Å². The van der Waals surface area contributed by atoms with Gasteiger partial charge < -0.3 is 10.4 Å². The number of hydrogen-bond acceptors (Lipinski definition) is 4. The molecule has 8 heteroatoms. The van der Waals surface area contributed by atoms with E-state index < -0.39 is 27.0 Å². The van der Waals surface area contributed by atoms with Gasteiger partial charge in [-0.25, -0.2) is 13.2 Å². The lowest BCUT2D eigenvalue weighted by atomic mass is 10.2. The molecule has 2 N–H and O–H groups in total. The van der Waals surface area contributed by atoms with Gasteiger partial charge in [-0.1, -0.05) is 25.4 Å². The number of sulfone groups is 1. The first-order valence-electron chi connectivity index (χ1n) is 7.22. The average molecular weight is 362 g/mol. The Morgan fingerprint density at radius 1 is 1.26 bits per heavy atom. The van der Waals surface area contributed by atoms with Gasteiger partial charge in [-0.3, -0.25) is 4.79 Å². The predicted octanol–water partition coefficient (Wildman–Crippen LogP) is 2.51. The second-order valence-corrected chi connectivity index (χ2v) is 7.83. The summed E-state index contributed by atoms with van der Waals surface area (Å²) in [6.45, 7) is 5.07. The highest BCUT2D eigenvalue weighted by Crippen LogP contribution is 2.23. The van der Waals surface area contributed by atoms with Gasteiger partial charge in [0.25, 0.3) is 0 Å². The zero-order valence-corrected chi connectivity index (χ0v) is 14.7. The topological polar surface area (TPSA) is 101 Å². The average Bonchev–Trinajstić information content (AvgIpc) is 2.51. The number of carboxylic acid groups (broad SMARTS) is 1. The summed E-state index contributed by atoms with van der Waals surface area (Å²) in [7, 11) is -4.01. The minimum absolute atomic E-state index is 0.0643. The quantitative estimate of drug-likeness (QED) is 0.777. The van der Waals surface area contributed by atoms with Crippen molar-refractivity contribution in [3.8, 4) is 0 Å². The maximum absolute atomic E-state index is 12.5. The van der Waals surface area contributed by atoms with Gasteiger partial charge in [-0.05, 0) is 38.0 Å². The first kappa shape index (κ1) is 19.4. The van der Waals surface area contributed by atoms with Crippen molar-refractivity contribution in [1.29, 1.82) is 0 Å². The lowest BCUT2D eigenvalue weighted by Crippen LogP contribution is -2.43. The van der Waals surface area contributed by atoms with Crippen LogP contribution in [0.25, 0.3) is 0 Å². The Morgan fingerprint density at radius 2 is 1.83 bits per heavy atom. The van der Waals surface area contributed by atoms with E-state index in [1.54, 1.807) is 0 Å². The number of aromatic carboxylic acids is 1. The molecular formula is C15H20ClNO5S. The van der Waals surface area contributed by atoms with Crippen LogP contribution in [-0.2, 0) is 14.6 Å². The van der Waals surface area contributed by atoms with Crippen LogP contribution in [0.3, 0.4) is 0 Å². The minimum atomic E-state index is -4.01. The van der Waals surface area contributed by atoms with Crippen LogP contribution in [0, 0.1) is 0 Å². The molecule has 0 aliphatic carbocycles. The summed E-state index contributed by atoms with van der Waals surface area (Å²) in [4.78, 5) is 23.0. The maximum atomic E-state index is 12.5. The molecule has 1 aromatic carbocycles. The van der Waals surface area contributed by atoms with Crippen LogP contribution >= 0.6 is 11.6 Å². The summed E-state index contributed by atoms with van der Waals surface area (Å²) in [5.74, 6) is -1.94. The van der Waals surface area contributed by atoms with Crippen LogP contribution in [0.1, 0.15) is 44.0 Å². The van der Waals surface area contributed by atoms with Crippen molar-refractivity contribution in [3.05, 3.63) is 28.8 Å². The van der Waals surface area contributed by atoms with Gasteiger partial charge in [0.05, 0.1) is 15.5 Å². The summed E-state index contributed by atoms with van der Waals surface area (Å²) in [5.41, 5.74) is -0.319. The third kappa shape index (κ3) is 4.45. The van der Waals surface area contributed by atoms with E-state index in [9.17, 15) is 18.0 Å². The van der Waals surface area contributed by atoms with Gasteiger partial charge in [-0.15, -0.1) is 0 Å². The fourth-order valence-corrected chi connectivity index (χ4v) is 3.50. The Hall–Kier alpha value is -1.60. The van der Waals surface area contributed by atoms with Crippen LogP contribution in [-0.4, -0.2) is 36.7 Å². The summed E-state index contributed by atoms with van der Waals surface area (Å²) >= 11 is 5.73. The van der Waals surface area contributed by atoms with E-state index in [0.717, 1.165) is 6.07 Å². The van der Waals surface area contributed by atoms with E-state index in [1.165, 1.54) is 19.1 Å². The molecule has 1 unspecified atom stereocenters. The molecule has 0 spiro atoms. The van der Waals surface area contributed by atoms with Crippen LogP contribution in [0.5, 0.6) is 0 Å². The van der Waals surface area contributed by atoms with Crippen molar-refractivity contribution in [2.45, 2.75) is 49.8 Å². The first-order valence-corrected chi connectivity index (χ1v) is 9.14. The Labute approximate surface area is 140 Å². The Bertz CT molecular complexity index is 698. The van der Waals surface area contributed by atoms with Gasteiger partial charge in [0, 0.05) is 6.04 Å². The summed E-state index contributed by atoms with van der Waals surface area (Å²) < 4.78 is 25.0. The molecule has 0 fully saturated rings. The van der Waals surface area contributed by atoms with Crippen molar-refractivity contribution in [1.82, 2.24) is 5.32 Å². The van der Waals surface area contributed by atoms with Gasteiger partial charge in [0.15, 0.2) is 9.84 Å². The standard InChI is InChI=1S/C15H20ClNO5S/c1-4-10(5-2)17-14(18)9(3)23(21,22)11-6-7-13(16)12(8-11)15(19)20/h6-10H,4-5H2,1-3H3,(H,17,18)(H,19,20). The fourth-order valence-electron chi connectivity index (χ4n) is 2.00. The Morgan fingerprint density at radius 3 is 2.30 bits per heavy atom. The molecule has 0 aliphatic rings. The first-order chi connectivity index (χ1) is 10.6. The van der Waals surface area contributed by atoms with Crippen LogP contribution in [0.4, 0.5) is 0 Å². The molecule has 1 rings (SSSR count). The van der Waals surface area contributed by atoms with Gasteiger partial charge in [0.2, 0.25) is 5.91 Å². The van der Waals surface area contributed by atoms with Crippen molar-refractivity contribution in [2.24, 2.45) is 0 Å². The fraction of sp³-hybridized carbons (Fsp3) is 0.467. The summed E-state index contributed by atoms with van der Waals surface area (Å²) in [5, 5.41) is 10.3. The van der Waals surface area contributed by atoms with Crippen molar-refractivity contribution >= 4 is 33.3 Å². The molecule has 0 bridgehead atoms. The zero-order valence-electron chi connectivity index (χ0n) is 13.2. The molecule has 0 heterocycles. The molecule has 0 aromatic heterocycles. The van der Waals surface area contributed by atoms with Gasteiger partial charge >= 0.3 is 5.97 Å².